The van der Waals surface area contributed by atoms with E-state index < -0.39 is 6.10 Å². The van der Waals surface area contributed by atoms with Gasteiger partial charge >= 0.3 is 0 Å². The maximum Gasteiger partial charge on any atom is 0.190 e. The van der Waals surface area contributed by atoms with Crippen molar-refractivity contribution >= 4 is 39.1 Å². The number of thiophene rings is 1. The average Bonchev–Trinajstić information content (AvgIpc) is 2.81. The van der Waals surface area contributed by atoms with Crippen molar-refractivity contribution in [3.63, 3.8) is 0 Å². The van der Waals surface area contributed by atoms with Crippen molar-refractivity contribution < 1.29 is 9.84 Å². The Bertz CT molecular complexity index is 713. The van der Waals surface area contributed by atoms with Gasteiger partial charge in [0, 0.05) is 17.8 Å². The first kappa shape index (κ1) is 17.0. The van der Waals surface area contributed by atoms with E-state index in [1.807, 2.05) is 0 Å². The molecule has 0 saturated heterocycles. The number of nitrogens with one attached hydrogen (secondary N) is 1. The number of fused-ring (bicyclic) bond motifs is 3. The van der Waals surface area contributed by atoms with Crippen LogP contribution in [0.3, 0.4) is 0 Å². The molecule has 2 aromatic rings. The predicted molar refractivity (Wildman–Crippen MR) is 96.6 cm³/mol. The zero-order valence-electron chi connectivity index (χ0n) is 14.0. The molecule has 0 fully saturated rings. The Morgan fingerprint density at radius 1 is 1.43 bits per heavy atom. The molecule has 1 atom stereocenters. The fourth-order valence-corrected chi connectivity index (χ4v) is 4.42. The van der Waals surface area contributed by atoms with Crippen LogP contribution >= 0.6 is 23.1 Å². The molecular formula is C16H23N3O2S2. The molecule has 0 radical (unpaired) electrons. The number of aliphatic hydroxyl groups is 1. The smallest absolute Gasteiger partial charge is 0.190 e. The molecule has 7 heteroatoms. The van der Waals surface area contributed by atoms with Gasteiger partial charge in [0.2, 0.25) is 0 Å². The molecule has 5 nitrogen and oxygen atoms in total. The monoisotopic (exact) mass is 353 g/mol. The summed E-state index contributed by atoms with van der Waals surface area (Å²) in [6.07, 6.45) is 0.437. The summed E-state index contributed by atoms with van der Waals surface area (Å²) in [5.41, 5.74) is 1.13. The van der Waals surface area contributed by atoms with Crippen molar-refractivity contribution in [3.8, 4) is 0 Å². The minimum absolute atomic E-state index is 0.167. The highest BCUT2D eigenvalue weighted by Gasteiger charge is 2.31. The van der Waals surface area contributed by atoms with E-state index in [2.05, 4.69) is 31.1 Å². The molecule has 23 heavy (non-hydrogen) atoms. The third-order valence-corrected chi connectivity index (χ3v) is 5.58. The van der Waals surface area contributed by atoms with Gasteiger partial charge in [-0.25, -0.2) is 9.97 Å². The lowest BCUT2D eigenvalue weighted by atomic mass is 9.94. The second-order valence-corrected chi connectivity index (χ2v) is 8.74. The van der Waals surface area contributed by atoms with Gasteiger partial charge in [0.25, 0.3) is 0 Å². The topological polar surface area (TPSA) is 67.3 Å². The summed E-state index contributed by atoms with van der Waals surface area (Å²) in [6.45, 7) is 9.21. The molecule has 3 rings (SSSR count). The van der Waals surface area contributed by atoms with Crippen LogP contribution in [0.25, 0.3) is 10.2 Å². The van der Waals surface area contributed by atoms with Gasteiger partial charge in [-0.15, -0.1) is 11.3 Å². The van der Waals surface area contributed by atoms with E-state index in [-0.39, 0.29) is 5.60 Å². The number of anilines is 1. The summed E-state index contributed by atoms with van der Waals surface area (Å²) in [5.74, 6) is 1.77. The molecule has 1 aliphatic heterocycles. The Hall–Kier alpha value is -0.890. The number of hydrogen-bond acceptors (Lipinski definition) is 7. The molecule has 0 spiro atoms. The fourth-order valence-electron chi connectivity index (χ4n) is 2.69. The van der Waals surface area contributed by atoms with E-state index in [0.717, 1.165) is 33.4 Å². The summed E-state index contributed by atoms with van der Waals surface area (Å²) in [5, 5.41) is 14.8. The Kier molecular flexibility index (Phi) is 4.83. The van der Waals surface area contributed by atoms with Crippen LogP contribution in [0.15, 0.2) is 5.16 Å². The van der Waals surface area contributed by atoms with Crippen LogP contribution < -0.4 is 5.32 Å². The van der Waals surface area contributed by atoms with Gasteiger partial charge in [0.15, 0.2) is 5.16 Å². The van der Waals surface area contributed by atoms with Gasteiger partial charge in [0.05, 0.1) is 23.7 Å². The number of aliphatic hydroxyl groups excluding tert-OH is 1. The third kappa shape index (κ3) is 3.63. The zero-order valence-corrected chi connectivity index (χ0v) is 15.6. The van der Waals surface area contributed by atoms with Crippen LogP contribution in [-0.2, 0) is 17.8 Å². The number of ether oxygens (including phenoxy) is 1. The molecule has 0 aliphatic carbocycles. The lowest BCUT2D eigenvalue weighted by molar-refractivity contribution is -0.0379. The Morgan fingerprint density at radius 3 is 2.91 bits per heavy atom. The molecule has 0 bridgehead atoms. The first-order chi connectivity index (χ1) is 10.9. The average molecular weight is 354 g/mol. The lowest BCUT2D eigenvalue weighted by Gasteiger charge is -2.30. The summed E-state index contributed by atoms with van der Waals surface area (Å²) >= 11 is 3.33. The number of hydrogen-bond donors (Lipinski definition) is 2. The standard InChI is InChI=1S/C16H23N3O2S2/c1-5-22-15-18-13(17-7-9(2)20)12-10-6-16(3,4)21-8-11(10)23-14(12)19-15/h9,20H,5-8H2,1-4H3,(H,17,18,19)/t9-/m1/s1. The van der Waals surface area contributed by atoms with Gasteiger partial charge in [-0.3, -0.25) is 0 Å². The second kappa shape index (κ2) is 6.55. The van der Waals surface area contributed by atoms with Crippen LogP contribution in [0, 0.1) is 0 Å². The van der Waals surface area contributed by atoms with Gasteiger partial charge in [0.1, 0.15) is 10.6 Å². The predicted octanol–water partition coefficient (Wildman–Crippen LogP) is 3.45. The molecule has 0 unspecified atom stereocenters. The van der Waals surface area contributed by atoms with Gasteiger partial charge in [-0.2, -0.15) is 0 Å². The summed E-state index contributed by atoms with van der Waals surface area (Å²) in [6, 6.07) is 0. The first-order valence-electron chi connectivity index (χ1n) is 7.90. The molecule has 3 heterocycles. The van der Waals surface area contributed by atoms with E-state index in [4.69, 9.17) is 9.72 Å². The van der Waals surface area contributed by atoms with Crippen molar-refractivity contribution in [3.05, 3.63) is 10.4 Å². The Labute approximate surface area is 144 Å². The van der Waals surface area contributed by atoms with Crippen LogP contribution in [0.2, 0.25) is 0 Å². The number of nitrogens with zero attached hydrogens (tertiary/aromatic N) is 2. The highest BCUT2D eigenvalue weighted by Crippen LogP contribution is 2.41. The molecule has 1 aliphatic rings. The van der Waals surface area contributed by atoms with E-state index in [0.29, 0.717) is 13.2 Å². The van der Waals surface area contributed by atoms with Crippen LogP contribution in [-0.4, -0.2) is 39.1 Å². The molecule has 0 aromatic carbocycles. The number of thioether (sulfide) groups is 1. The molecule has 2 aromatic heterocycles. The maximum atomic E-state index is 9.60. The quantitative estimate of drug-likeness (QED) is 0.634. The first-order valence-corrected chi connectivity index (χ1v) is 9.71. The maximum absolute atomic E-state index is 9.60. The van der Waals surface area contributed by atoms with E-state index in [1.165, 1.54) is 10.4 Å². The second-order valence-electron chi connectivity index (χ2n) is 6.43. The third-order valence-electron chi connectivity index (χ3n) is 3.75. The minimum atomic E-state index is -0.420. The lowest BCUT2D eigenvalue weighted by Crippen LogP contribution is -2.31. The molecule has 126 valence electrons. The number of rotatable bonds is 5. The summed E-state index contributed by atoms with van der Waals surface area (Å²) < 4.78 is 5.93. The van der Waals surface area contributed by atoms with Crippen LogP contribution in [0.1, 0.15) is 38.1 Å². The van der Waals surface area contributed by atoms with Crippen molar-refractivity contribution in [1.29, 1.82) is 0 Å². The zero-order chi connectivity index (χ0) is 16.6. The Morgan fingerprint density at radius 2 is 2.22 bits per heavy atom. The molecule has 0 saturated carbocycles. The van der Waals surface area contributed by atoms with Gasteiger partial charge < -0.3 is 15.2 Å². The highest BCUT2D eigenvalue weighted by molar-refractivity contribution is 7.99. The van der Waals surface area contributed by atoms with Gasteiger partial charge in [-0.05, 0) is 32.1 Å². The minimum Gasteiger partial charge on any atom is -0.392 e. The summed E-state index contributed by atoms with van der Waals surface area (Å²) in [4.78, 5) is 11.7. The van der Waals surface area contributed by atoms with Crippen molar-refractivity contribution in [2.75, 3.05) is 17.6 Å². The van der Waals surface area contributed by atoms with Crippen LogP contribution in [0.4, 0.5) is 5.82 Å². The van der Waals surface area contributed by atoms with Gasteiger partial charge in [-0.1, -0.05) is 18.7 Å². The Balaban J connectivity index is 2.10. The van der Waals surface area contributed by atoms with Crippen molar-refractivity contribution in [2.24, 2.45) is 0 Å². The number of aromatic nitrogens is 2. The van der Waals surface area contributed by atoms with Crippen molar-refractivity contribution in [2.45, 2.75) is 57.6 Å². The highest BCUT2D eigenvalue weighted by atomic mass is 32.2. The SMILES string of the molecule is CCSc1nc(NC[C@@H](C)O)c2c3c(sc2n1)COC(C)(C)C3. The normalized spacial score (nSPS) is 18.0. The van der Waals surface area contributed by atoms with E-state index in [9.17, 15) is 5.11 Å². The fraction of sp³-hybridized carbons (Fsp3) is 0.625. The summed E-state index contributed by atoms with van der Waals surface area (Å²) in [7, 11) is 0. The van der Waals surface area contributed by atoms with E-state index in [1.54, 1.807) is 30.0 Å². The molecule has 2 N–H and O–H groups in total. The molecular weight excluding hydrogens is 330 g/mol. The molecule has 0 amide bonds. The van der Waals surface area contributed by atoms with Crippen LogP contribution in [0.5, 0.6) is 0 Å². The van der Waals surface area contributed by atoms with Crippen molar-refractivity contribution in [1.82, 2.24) is 9.97 Å². The van der Waals surface area contributed by atoms with E-state index >= 15 is 0 Å². The largest absolute Gasteiger partial charge is 0.392 e.